The molecule has 0 saturated heterocycles. The minimum absolute atomic E-state index is 0.0691. The van der Waals surface area contributed by atoms with E-state index in [9.17, 15) is 4.79 Å². The van der Waals surface area contributed by atoms with E-state index in [1.54, 1.807) is 7.11 Å². The lowest BCUT2D eigenvalue weighted by molar-refractivity contribution is 0.153. The highest BCUT2D eigenvalue weighted by Gasteiger charge is 2.29. The Morgan fingerprint density at radius 2 is 1.85 bits per heavy atom. The lowest BCUT2D eigenvalue weighted by Crippen LogP contribution is -2.35. The molecule has 0 radical (unpaired) electrons. The number of aromatic amines is 1. The number of H-pyrrole nitrogens is 1. The molecule has 2 aromatic carbocycles. The Bertz CT molecular complexity index is 1310. The van der Waals surface area contributed by atoms with E-state index < -0.39 is 0 Å². The molecule has 4 rings (SSSR count). The standard InChI is InChI=1S/C26H32N6O2/c1-6-23(24-28-29-30-32(24)26(2,3)4)31(16-18-10-8-7-9-11-18)17-20-14-19-12-13-21(34-5)15-22(19)27-25(20)33/h7-15,23H,6,16-17H2,1-5H3,(H,27,33). The monoisotopic (exact) mass is 460 g/mol. The summed E-state index contributed by atoms with van der Waals surface area (Å²) in [5, 5.41) is 13.6. The number of fused-ring (bicyclic) bond motifs is 1. The third kappa shape index (κ3) is 5.02. The molecule has 1 atom stereocenters. The van der Waals surface area contributed by atoms with Crippen molar-refractivity contribution in [2.24, 2.45) is 0 Å². The summed E-state index contributed by atoms with van der Waals surface area (Å²) in [5.74, 6) is 1.51. The van der Waals surface area contributed by atoms with Crippen molar-refractivity contribution in [2.75, 3.05) is 7.11 Å². The Kier molecular flexibility index (Phi) is 6.79. The number of ether oxygens (including phenoxy) is 1. The number of hydrogen-bond acceptors (Lipinski definition) is 6. The van der Waals surface area contributed by atoms with Crippen molar-refractivity contribution in [3.63, 3.8) is 0 Å². The summed E-state index contributed by atoms with van der Waals surface area (Å²) in [4.78, 5) is 18.4. The van der Waals surface area contributed by atoms with Crippen molar-refractivity contribution in [3.05, 3.63) is 81.9 Å². The molecule has 1 N–H and O–H groups in total. The quantitative estimate of drug-likeness (QED) is 0.418. The zero-order valence-electron chi connectivity index (χ0n) is 20.4. The van der Waals surface area contributed by atoms with Gasteiger partial charge in [-0.15, -0.1) is 5.10 Å². The Morgan fingerprint density at radius 3 is 2.53 bits per heavy atom. The number of nitrogens with one attached hydrogen (secondary N) is 1. The van der Waals surface area contributed by atoms with Gasteiger partial charge in [-0.05, 0) is 66.8 Å². The van der Waals surface area contributed by atoms with Crippen LogP contribution in [0.1, 0.15) is 57.1 Å². The van der Waals surface area contributed by atoms with Crippen molar-refractivity contribution in [1.29, 1.82) is 0 Å². The number of tetrazole rings is 1. The van der Waals surface area contributed by atoms with Gasteiger partial charge < -0.3 is 9.72 Å². The molecular formula is C26H32N6O2. The summed E-state index contributed by atoms with van der Waals surface area (Å²) >= 11 is 0. The van der Waals surface area contributed by atoms with Crippen LogP contribution in [-0.2, 0) is 18.6 Å². The van der Waals surface area contributed by atoms with Gasteiger partial charge in [0.2, 0.25) is 0 Å². The predicted molar refractivity (Wildman–Crippen MR) is 133 cm³/mol. The van der Waals surface area contributed by atoms with E-state index in [0.29, 0.717) is 24.4 Å². The van der Waals surface area contributed by atoms with Gasteiger partial charge in [0, 0.05) is 24.7 Å². The molecule has 1 unspecified atom stereocenters. The summed E-state index contributed by atoms with van der Waals surface area (Å²) < 4.78 is 7.18. The molecular weight excluding hydrogens is 428 g/mol. The van der Waals surface area contributed by atoms with E-state index in [2.05, 4.69) is 65.2 Å². The van der Waals surface area contributed by atoms with Gasteiger partial charge in [-0.1, -0.05) is 37.3 Å². The van der Waals surface area contributed by atoms with Crippen molar-refractivity contribution < 1.29 is 4.74 Å². The van der Waals surface area contributed by atoms with Crippen LogP contribution in [0.5, 0.6) is 5.75 Å². The number of methoxy groups -OCH3 is 1. The van der Waals surface area contributed by atoms with Crippen LogP contribution in [0.4, 0.5) is 0 Å². The molecule has 0 spiro atoms. The van der Waals surface area contributed by atoms with Gasteiger partial charge >= 0.3 is 0 Å². The molecule has 2 aromatic heterocycles. The smallest absolute Gasteiger partial charge is 0.252 e. The summed E-state index contributed by atoms with van der Waals surface area (Å²) in [5.41, 5.74) is 2.25. The lowest BCUT2D eigenvalue weighted by atomic mass is 10.1. The summed E-state index contributed by atoms with van der Waals surface area (Å²) in [6, 6.07) is 17.9. The van der Waals surface area contributed by atoms with Crippen LogP contribution in [0.3, 0.4) is 0 Å². The van der Waals surface area contributed by atoms with Crippen LogP contribution < -0.4 is 10.3 Å². The average Bonchev–Trinajstić information content (AvgIpc) is 3.30. The third-order valence-corrected chi connectivity index (χ3v) is 5.99. The molecule has 178 valence electrons. The van der Waals surface area contributed by atoms with E-state index in [1.807, 2.05) is 47.1 Å². The van der Waals surface area contributed by atoms with Crippen molar-refractivity contribution >= 4 is 10.9 Å². The second-order valence-electron chi connectivity index (χ2n) is 9.51. The minimum Gasteiger partial charge on any atom is -0.497 e. The van der Waals surface area contributed by atoms with Gasteiger partial charge in [-0.25, -0.2) is 4.68 Å². The first-order valence-corrected chi connectivity index (χ1v) is 11.6. The molecule has 0 bridgehead atoms. The van der Waals surface area contributed by atoms with E-state index in [-0.39, 0.29) is 17.1 Å². The largest absolute Gasteiger partial charge is 0.497 e. The van der Waals surface area contributed by atoms with Gasteiger partial charge in [0.25, 0.3) is 5.56 Å². The second kappa shape index (κ2) is 9.77. The number of hydrogen-bond donors (Lipinski definition) is 1. The number of benzene rings is 2. The molecule has 0 aliphatic rings. The zero-order chi connectivity index (χ0) is 24.3. The Balaban J connectivity index is 1.75. The number of nitrogens with zero attached hydrogens (tertiary/aromatic N) is 5. The summed E-state index contributed by atoms with van der Waals surface area (Å²) in [6.07, 6.45) is 0.798. The van der Waals surface area contributed by atoms with Gasteiger partial charge in [0.05, 0.1) is 24.2 Å². The van der Waals surface area contributed by atoms with Gasteiger partial charge in [-0.3, -0.25) is 9.69 Å². The number of aromatic nitrogens is 5. The highest BCUT2D eigenvalue weighted by Crippen LogP contribution is 2.29. The first-order valence-electron chi connectivity index (χ1n) is 11.6. The van der Waals surface area contributed by atoms with E-state index in [0.717, 1.165) is 28.7 Å². The predicted octanol–water partition coefficient (Wildman–Crippen LogP) is 4.43. The van der Waals surface area contributed by atoms with Gasteiger partial charge in [0.15, 0.2) is 5.82 Å². The molecule has 8 heteroatoms. The average molecular weight is 461 g/mol. The van der Waals surface area contributed by atoms with Crippen LogP contribution in [-0.4, -0.2) is 37.2 Å². The normalized spacial score (nSPS) is 12.9. The fourth-order valence-electron chi connectivity index (χ4n) is 4.27. The van der Waals surface area contributed by atoms with Crippen molar-refractivity contribution in [3.8, 4) is 5.75 Å². The minimum atomic E-state index is -0.260. The maximum atomic E-state index is 13.1. The van der Waals surface area contributed by atoms with E-state index in [4.69, 9.17) is 4.74 Å². The van der Waals surface area contributed by atoms with Crippen LogP contribution in [0, 0.1) is 0 Å². The SMILES string of the molecule is CCC(c1nnnn1C(C)(C)C)N(Cc1ccccc1)Cc1cc2ccc(OC)cc2[nH]c1=O. The topological polar surface area (TPSA) is 88.9 Å². The Hall–Kier alpha value is -3.52. The first kappa shape index (κ1) is 23.6. The fourth-order valence-corrected chi connectivity index (χ4v) is 4.27. The van der Waals surface area contributed by atoms with Crippen molar-refractivity contribution in [1.82, 2.24) is 30.1 Å². The molecule has 8 nitrogen and oxygen atoms in total. The molecule has 34 heavy (non-hydrogen) atoms. The molecule has 2 heterocycles. The molecule has 4 aromatic rings. The molecule has 0 fully saturated rings. The maximum Gasteiger partial charge on any atom is 0.252 e. The van der Waals surface area contributed by atoms with Gasteiger partial charge in [0.1, 0.15) is 5.75 Å². The molecule has 0 saturated carbocycles. The number of pyridine rings is 1. The highest BCUT2D eigenvalue weighted by atomic mass is 16.5. The zero-order valence-corrected chi connectivity index (χ0v) is 20.4. The van der Waals surface area contributed by atoms with Crippen LogP contribution >= 0.6 is 0 Å². The maximum absolute atomic E-state index is 13.1. The van der Waals surface area contributed by atoms with Crippen LogP contribution in [0.2, 0.25) is 0 Å². The molecule has 0 amide bonds. The third-order valence-electron chi connectivity index (χ3n) is 5.99. The first-order chi connectivity index (χ1) is 16.3. The van der Waals surface area contributed by atoms with E-state index in [1.165, 1.54) is 0 Å². The van der Waals surface area contributed by atoms with E-state index >= 15 is 0 Å². The Morgan fingerprint density at radius 1 is 1.09 bits per heavy atom. The molecule has 0 aliphatic carbocycles. The second-order valence-corrected chi connectivity index (χ2v) is 9.51. The van der Waals surface area contributed by atoms with Crippen LogP contribution in [0.15, 0.2) is 59.4 Å². The molecule has 0 aliphatic heterocycles. The summed E-state index contributed by atoms with van der Waals surface area (Å²) in [7, 11) is 1.62. The lowest BCUT2D eigenvalue weighted by Gasteiger charge is -2.32. The number of rotatable bonds is 8. The Labute approximate surface area is 199 Å². The van der Waals surface area contributed by atoms with Crippen molar-refractivity contribution in [2.45, 2.75) is 58.8 Å². The van der Waals surface area contributed by atoms with Crippen LogP contribution in [0.25, 0.3) is 10.9 Å². The summed E-state index contributed by atoms with van der Waals surface area (Å²) in [6.45, 7) is 9.51. The highest BCUT2D eigenvalue weighted by molar-refractivity contribution is 5.80. The fraction of sp³-hybridized carbons (Fsp3) is 0.385. The van der Waals surface area contributed by atoms with Gasteiger partial charge in [-0.2, -0.15) is 0 Å².